The topological polar surface area (TPSA) is 61.7 Å². The molecule has 0 spiro atoms. The van der Waals surface area contributed by atoms with Crippen molar-refractivity contribution in [3.05, 3.63) is 28.8 Å². The molecule has 0 saturated heterocycles. The van der Waals surface area contributed by atoms with Crippen LogP contribution in [0.2, 0.25) is 0 Å². The van der Waals surface area contributed by atoms with Crippen molar-refractivity contribution in [2.75, 3.05) is 26.8 Å². The van der Waals surface area contributed by atoms with Gasteiger partial charge < -0.3 is 20.3 Å². The first-order chi connectivity index (χ1) is 8.58. The lowest BCUT2D eigenvalue weighted by Crippen LogP contribution is -2.30. The Morgan fingerprint density at radius 2 is 2.06 bits per heavy atom. The molecule has 1 aromatic rings. The normalized spacial score (nSPS) is 12.5. The molecule has 1 unspecified atom stereocenters. The first-order valence-electron chi connectivity index (χ1n) is 6.22. The lowest BCUT2D eigenvalue weighted by Gasteiger charge is -2.14. The smallest absolute Gasteiger partial charge is 0.122 e. The zero-order chi connectivity index (χ0) is 13.5. The number of benzene rings is 1. The predicted octanol–water partition coefficient (Wildman–Crippen LogP) is 0.797. The van der Waals surface area contributed by atoms with Crippen LogP contribution in [0.5, 0.6) is 5.75 Å². The van der Waals surface area contributed by atoms with E-state index in [1.54, 1.807) is 7.11 Å². The van der Waals surface area contributed by atoms with E-state index < -0.39 is 6.10 Å². The van der Waals surface area contributed by atoms with Gasteiger partial charge in [-0.1, -0.05) is 6.07 Å². The molecule has 4 heteroatoms. The van der Waals surface area contributed by atoms with Gasteiger partial charge in [0.05, 0.1) is 19.8 Å². The van der Waals surface area contributed by atoms with Crippen molar-refractivity contribution in [3.63, 3.8) is 0 Å². The van der Waals surface area contributed by atoms with Gasteiger partial charge in [-0.15, -0.1) is 0 Å². The van der Waals surface area contributed by atoms with Gasteiger partial charge in [0.2, 0.25) is 0 Å². The van der Waals surface area contributed by atoms with Crippen molar-refractivity contribution in [2.24, 2.45) is 0 Å². The molecule has 0 aromatic heterocycles. The molecule has 0 fully saturated rings. The summed E-state index contributed by atoms with van der Waals surface area (Å²) in [5.41, 5.74) is 3.60. The molecule has 102 valence electrons. The number of rotatable bonds is 7. The van der Waals surface area contributed by atoms with Crippen LogP contribution in [0.3, 0.4) is 0 Å². The number of aliphatic hydroxyl groups excluding tert-OH is 2. The number of hydrogen-bond donors (Lipinski definition) is 3. The molecule has 0 aliphatic carbocycles. The molecule has 0 bridgehead atoms. The average Bonchev–Trinajstić information content (AvgIpc) is 2.35. The van der Waals surface area contributed by atoms with Crippen LogP contribution < -0.4 is 10.1 Å². The number of nitrogens with one attached hydrogen (secondary N) is 1. The molecule has 1 atom stereocenters. The molecule has 0 radical (unpaired) electrons. The summed E-state index contributed by atoms with van der Waals surface area (Å²) >= 11 is 0. The van der Waals surface area contributed by atoms with Gasteiger partial charge >= 0.3 is 0 Å². The molecular weight excluding hydrogens is 230 g/mol. The lowest BCUT2D eigenvalue weighted by atomic mass is 10.0. The Morgan fingerprint density at radius 3 is 2.67 bits per heavy atom. The van der Waals surface area contributed by atoms with Gasteiger partial charge in [0, 0.05) is 6.54 Å². The maximum Gasteiger partial charge on any atom is 0.122 e. The van der Waals surface area contributed by atoms with Gasteiger partial charge in [-0.05, 0) is 49.6 Å². The summed E-state index contributed by atoms with van der Waals surface area (Å²) in [5, 5.41) is 21.0. The Bertz CT molecular complexity index is 380. The largest absolute Gasteiger partial charge is 0.496 e. The van der Waals surface area contributed by atoms with Crippen LogP contribution in [-0.4, -0.2) is 43.1 Å². The highest BCUT2D eigenvalue weighted by molar-refractivity contribution is 5.43. The highest BCUT2D eigenvalue weighted by Crippen LogP contribution is 2.24. The average molecular weight is 253 g/mol. The molecule has 18 heavy (non-hydrogen) atoms. The minimum Gasteiger partial charge on any atom is -0.496 e. The van der Waals surface area contributed by atoms with Crippen LogP contribution in [0.4, 0.5) is 0 Å². The fourth-order valence-electron chi connectivity index (χ4n) is 2.01. The van der Waals surface area contributed by atoms with Crippen LogP contribution in [0, 0.1) is 13.8 Å². The molecule has 1 rings (SSSR count). The van der Waals surface area contributed by atoms with Crippen LogP contribution >= 0.6 is 0 Å². The number of hydrogen-bond acceptors (Lipinski definition) is 4. The van der Waals surface area contributed by atoms with E-state index in [1.165, 1.54) is 16.7 Å². The van der Waals surface area contributed by atoms with E-state index in [4.69, 9.17) is 9.84 Å². The first kappa shape index (κ1) is 15.0. The first-order valence-corrected chi connectivity index (χ1v) is 6.22. The third kappa shape index (κ3) is 4.29. The van der Waals surface area contributed by atoms with Gasteiger partial charge in [0.1, 0.15) is 5.75 Å². The number of methoxy groups -OCH3 is 1. The number of aliphatic hydroxyl groups is 2. The summed E-state index contributed by atoms with van der Waals surface area (Å²) in [6, 6.07) is 4.17. The van der Waals surface area contributed by atoms with Crippen LogP contribution in [0.25, 0.3) is 0 Å². The Labute approximate surface area is 109 Å². The van der Waals surface area contributed by atoms with Crippen molar-refractivity contribution >= 4 is 0 Å². The van der Waals surface area contributed by atoms with E-state index in [0.717, 1.165) is 18.7 Å². The number of aryl methyl sites for hydroxylation is 2. The lowest BCUT2D eigenvalue weighted by molar-refractivity contribution is 0.0947. The summed E-state index contributed by atoms with van der Waals surface area (Å²) in [7, 11) is 1.68. The Balaban J connectivity index is 2.56. The molecule has 0 aliphatic heterocycles. The maximum atomic E-state index is 9.21. The summed E-state index contributed by atoms with van der Waals surface area (Å²) in [4.78, 5) is 0. The standard InChI is InChI=1S/C14H23NO3/c1-10-6-11(2)13(14(7-10)18-3)4-5-15-8-12(17)9-16/h6-7,12,15-17H,4-5,8-9H2,1-3H3. The maximum absolute atomic E-state index is 9.21. The second-order valence-electron chi connectivity index (χ2n) is 4.55. The van der Waals surface area contributed by atoms with Gasteiger partial charge in [-0.2, -0.15) is 0 Å². The number of ether oxygens (including phenoxy) is 1. The van der Waals surface area contributed by atoms with Gasteiger partial charge in [-0.3, -0.25) is 0 Å². The third-order valence-corrected chi connectivity index (χ3v) is 2.94. The van der Waals surface area contributed by atoms with E-state index in [0.29, 0.717) is 6.54 Å². The van der Waals surface area contributed by atoms with Crippen molar-refractivity contribution in [2.45, 2.75) is 26.4 Å². The zero-order valence-electron chi connectivity index (χ0n) is 11.4. The van der Waals surface area contributed by atoms with E-state index in [9.17, 15) is 5.11 Å². The minimum absolute atomic E-state index is 0.208. The van der Waals surface area contributed by atoms with Gasteiger partial charge in [-0.25, -0.2) is 0 Å². The highest BCUT2D eigenvalue weighted by Gasteiger charge is 2.08. The van der Waals surface area contributed by atoms with Crippen molar-refractivity contribution in [1.82, 2.24) is 5.32 Å². The SMILES string of the molecule is COc1cc(C)cc(C)c1CCNCC(O)CO. The van der Waals surface area contributed by atoms with Crippen LogP contribution in [0.15, 0.2) is 12.1 Å². The van der Waals surface area contributed by atoms with E-state index >= 15 is 0 Å². The Hall–Kier alpha value is -1.10. The molecule has 0 amide bonds. The molecule has 3 N–H and O–H groups in total. The fourth-order valence-corrected chi connectivity index (χ4v) is 2.01. The molecule has 0 aliphatic rings. The molecule has 4 nitrogen and oxygen atoms in total. The van der Waals surface area contributed by atoms with E-state index in [-0.39, 0.29) is 6.61 Å². The monoisotopic (exact) mass is 253 g/mol. The fraction of sp³-hybridized carbons (Fsp3) is 0.571. The van der Waals surface area contributed by atoms with Gasteiger partial charge in [0.25, 0.3) is 0 Å². The highest BCUT2D eigenvalue weighted by atomic mass is 16.5. The second kappa shape index (κ2) is 7.36. The van der Waals surface area contributed by atoms with Crippen molar-refractivity contribution in [1.29, 1.82) is 0 Å². The molecular formula is C14H23NO3. The van der Waals surface area contributed by atoms with Crippen molar-refractivity contribution < 1.29 is 14.9 Å². The predicted molar refractivity (Wildman–Crippen MR) is 72.1 cm³/mol. The van der Waals surface area contributed by atoms with Crippen LogP contribution in [0.1, 0.15) is 16.7 Å². The Morgan fingerprint density at radius 1 is 1.33 bits per heavy atom. The molecule has 0 saturated carbocycles. The van der Waals surface area contributed by atoms with Gasteiger partial charge in [0.15, 0.2) is 0 Å². The minimum atomic E-state index is -0.689. The molecule has 1 aromatic carbocycles. The van der Waals surface area contributed by atoms with E-state index in [2.05, 4.69) is 25.2 Å². The molecule has 0 heterocycles. The summed E-state index contributed by atoms with van der Waals surface area (Å²) in [6.07, 6.45) is 0.152. The zero-order valence-corrected chi connectivity index (χ0v) is 11.4. The van der Waals surface area contributed by atoms with Crippen LogP contribution in [-0.2, 0) is 6.42 Å². The van der Waals surface area contributed by atoms with Crippen molar-refractivity contribution in [3.8, 4) is 5.75 Å². The third-order valence-electron chi connectivity index (χ3n) is 2.94. The summed E-state index contributed by atoms with van der Waals surface area (Å²) < 4.78 is 5.39. The quantitative estimate of drug-likeness (QED) is 0.629. The summed E-state index contributed by atoms with van der Waals surface area (Å²) in [5.74, 6) is 0.914. The summed E-state index contributed by atoms with van der Waals surface area (Å²) in [6.45, 7) is 5.07. The Kier molecular flexibility index (Phi) is 6.12. The van der Waals surface area contributed by atoms with E-state index in [1.807, 2.05) is 6.07 Å². The second-order valence-corrected chi connectivity index (χ2v) is 4.55.